The normalized spacial score (nSPS) is 10.7. The van der Waals surface area contributed by atoms with E-state index in [9.17, 15) is 4.79 Å². The van der Waals surface area contributed by atoms with Gasteiger partial charge in [-0.2, -0.15) is 0 Å². The highest BCUT2D eigenvalue weighted by molar-refractivity contribution is 6.41. The van der Waals surface area contributed by atoms with E-state index in [1.165, 1.54) is 27.4 Å². The van der Waals surface area contributed by atoms with Gasteiger partial charge in [-0.3, -0.25) is 9.78 Å². The van der Waals surface area contributed by atoms with Gasteiger partial charge in [-0.1, -0.05) is 29.8 Å². The first-order chi connectivity index (χ1) is 14.4. The Bertz CT molecular complexity index is 1100. The molecule has 2 aromatic heterocycles. The number of aromatic nitrogens is 2. The molecule has 2 heterocycles. The summed E-state index contributed by atoms with van der Waals surface area (Å²) in [6.45, 7) is 3.49. The zero-order chi connectivity index (χ0) is 21.8. The maximum Gasteiger partial charge on any atom is 0.221 e. The standard InChI is InChI=1S/C22H20Cl2N2O4/c1-5-14(27)7-6-13-9-15-12(11-25-13)8-16(26-22(15)30-4)19-20(23)17(28-2)10-18(29-3)21(19)24/h5,8-11H,1,6-7H2,2-4H3. The maximum atomic E-state index is 11.5. The van der Waals surface area contributed by atoms with Gasteiger partial charge in [0.25, 0.3) is 0 Å². The van der Waals surface area contributed by atoms with E-state index < -0.39 is 0 Å². The van der Waals surface area contributed by atoms with Gasteiger partial charge in [0, 0.05) is 40.7 Å². The Morgan fingerprint density at radius 1 is 1.07 bits per heavy atom. The zero-order valence-electron chi connectivity index (χ0n) is 16.8. The minimum absolute atomic E-state index is 0.0337. The number of carbonyl (C=O) groups excluding carboxylic acids is 1. The monoisotopic (exact) mass is 446 g/mol. The molecule has 0 aliphatic rings. The molecule has 0 atom stereocenters. The summed E-state index contributed by atoms with van der Waals surface area (Å²) in [5.41, 5.74) is 1.71. The van der Waals surface area contributed by atoms with Crippen molar-refractivity contribution in [3.63, 3.8) is 0 Å². The highest BCUT2D eigenvalue weighted by Gasteiger charge is 2.21. The number of carbonyl (C=O) groups is 1. The third-order valence-corrected chi connectivity index (χ3v) is 5.36. The van der Waals surface area contributed by atoms with Crippen LogP contribution < -0.4 is 14.2 Å². The van der Waals surface area contributed by atoms with Crippen LogP contribution in [0, 0.1) is 0 Å². The van der Waals surface area contributed by atoms with E-state index >= 15 is 0 Å². The summed E-state index contributed by atoms with van der Waals surface area (Å²) in [5.74, 6) is 1.17. The van der Waals surface area contributed by atoms with Crippen molar-refractivity contribution in [2.45, 2.75) is 12.8 Å². The van der Waals surface area contributed by atoms with Gasteiger partial charge < -0.3 is 14.2 Å². The average Bonchev–Trinajstić information content (AvgIpc) is 2.77. The number of ketones is 1. The van der Waals surface area contributed by atoms with Gasteiger partial charge in [0.15, 0.2) is 5.78 Å². The SMILES string of the molecule is C=CC(=O)CCc1cc2c(OC)nc(-c3c(Cl)c(OC)cc(OC)c3Cl)cc2cn1. The number of benzene rings is 1. The van der Waals surface area contributed by atoms with Crippen molar-refractivity contribution in [1.82, 2.24) is 9.97 Å². The van der Waals surface area contributed by atoms with Crippen molar-refractivity contribution < 1.29 is 19.0 Å². The molecular formula is C22H20Cl2N2O4. The lowest BCUT2D eigenvalue weighted by Gasteiger charge is -2.15. The second kappa shape index (κ2) is 9.32. The summed E-state index contributed by atoms with van der Waals surface area (Å²) in [4.78, 5) is 20.6. The number of pyridine rings is 2. The van der Waals surface area contributed by atoms with Gasteiger partial charge in [-0.25, -0.2) is 4.98 Å². The first-order valence-electron chi connectivity index (χ1n) is 9.02. The Morgan fingerprint density at radius 3 is 2.30 bits per heavy atom. The number of allylic oxidation sites excluding steroid dienone is 1. The molecule has 0 aliphatic carbocycles. The molecule has 30 heavy (non-hydrogen) atoms. The molecule has 0 unspecified atom stereocenters. The van der Waals surface area contributed by atoms with Crippen LogP contribution in [-0.2, 0) is 11.2 Å². The molecule has 0 bridgehead atoms. The number of hydrogen-bond donors (Lipinski definition) is 0. The van der Waals surface area contributed by atoms with Crippen LogP contribution in [0.3, 0.4) is 0 Å². The number of fused-ring (bicyclic) bond motifs is 1. The highest BCUT2D eigenvalue weighted by Crippen LogP contribution is 2.46. The first kappa shape index (κ1) is 21.9. The van der Waals surface area contributed by atoms with Gasteiger partial charge in [0.05, 0.1) is 37.1 Å². The van der Waals surface area contributed by atoms with Crippen molar-refractivity contribution in [3.8, 4) is 28.6 Å². The number of halogens is 2. The van der Waals surface area contributed by atoms with Crippen LogP contribution >= 0.6 is 23.2 Å². The van der Waals surface area contributed by atoms with Crippen LogP contribution in [0.2, 0.25) is 10.0 Å². The second-order valence-electron chi connectivity index (χ2n) is 6.37. The molecule has 156 valence electrons. The van der Waals surface area contributed by atoms with Gasteiger partial charge in [0.1, 0.15) is 11.5 Å². The molecule has 0 fully saturated rings. The quantitative estimate of drug-likeness (QED) is 0.436. The summed E-state index contributed by atoms with van der Waals surface area (Å²) in [7, 11) is 4.55. The van der Waals surface area contributed by atoms with Gasteiger partial charge >= 0.3 is 0 Å². The Kier molecular flexibility index (Phi) is 6.80. The molecule has 3 rings (SSSR count). The van der Waals surface area contributed by atoms with E-state index in [-0.39, 0.29) is 5.78 Å². The van der Waals surface area contributed by atoms with Crippen molar-refractivity contribution in [2.24, 2.45) is 0 Å². The molecule has 0 spiro atoms. The fourth-order valence-electron chi connectivity index (χ4n) is 3.04. The first-order valence-corrected chi connectivity index (χ1v) is 9.78. The number of hydrogen-bond acceptors (Lipinski definition) is 6. The van der Waals surface area contributed by atoms with Crippen LogP contribution in [0.1, 0.15) is 12.1 Å². The number of ether oxygens (including phenoxy) is 3. The Hall–Kier alpha value is -2.83. The lowest BCUT2D eigenvalue weighted by Crippen LogP contribution is -2.00. The molecule has 6 nitrogen and oxygen atoms in total. The van der Waals surface area contributed by atoms with Crippen molar-refractivity contribution >= 4 is 39.8 Å². The summed E-state index contributed by atoms with van der Waals surface area (Å²) < 4.78 is 16.2. The van der Waals surface area contributed by atoms with Crippen LogP contribution in [-0.4, -0.2) is 37.1 Å². The Balaban J connectivity index is 2.15. The summed E-state index contributed by atoms with van der Waals surface area (Å²) in [6, 6.07) is 5.29. The minimum atomic E-state index is -0.0337. The summed E-state index contributed by atoms with van der Waals surface area (Å²) >= 11 is 13.1. The van der Waals surface area contributed by atoms with E-state index in [1.54, 1.807) is 12.3 Å². The maximum absolute atomic E-state index is 11.5. The number of rotatable bonds is 8. The molecule has 0 N–H and O–H groups in total. The van der Waals surface area contributed by atoms with Crippen LogP contribution in [0.15, 0.2) is 37.1 Å². The molecule has 3 aromatic rings. The largest absolute Gasteiger partial charge is 0.495 e. The minimum Gasteiger partial charge on any atom is -0.495 e. The Morgan fingerprint density at radius 2 is 1.73 bits per heavy atom. The summed E-state index contributed by atoms with van der Waals surface area (Å²) in [5, 5.41) is 2.17. The van der Waals surface area contributed by atoms with Crippen LogP contribution in [0.4, 0.5) is 0 Å². The molecule has 1 aromatic carbocycles. The lowest BCUT2D eigenvalue weighted by molar-refractivity contribution is -0.114. The molecule has 0 amide bonds. The van der Waals surface area contributed by atoms with E-state index in [0.717, 1.165) is 16.5 Å². The predicted octanol–water partition coefficient (Wildman–Crippen LogP) is 5.32. The highest BCUT2D eigenvalue weighted by atomic mass is 35.5. The molecule has 0 radical (unpaired) electrons. The lowest BCUT2D eigenvalue weighted by atomic mass is 10.1. The fourth-order valence-corrected chi connectivity index (χ4v) is 3.74. The predicted molar refractivity (Wildman–Crippen MR) is 118 cm³/mol. The molecule has 0 aliphatic heterocycles. The third kappa shape index (κ3) is 4.20. The van der Waals surface area contributed by atoms with Gasteiger partial charge in [-0.15, -0.1) is 0 Å². The van der Waals surface area contributed by atoms with E-state index in [1.807, 2.05) is 12.1 Å². The van der Waals surface area contributed by atoms with Crippen LogP contribution in [0.25, 0.3) is 22.0 Å². The van der Waals surface area contributed by atoms with Gasteiger partial charge in [-0.05, 0) is 24.6 Å². The summed E-state index contributed by atoms with van der Waals surface area (Å²) in [6.07, 6.45) is 3.85. The fraction of sp³-hybridized carbons (Fsp3) is 0.227. The number of aryl methyl sites for hydroxylation is 1. The molecule has 0 saturated heterocycles. The Labute approximate surface area is 184 Å². The van der Waals surface area contributed by atoms with Gasteiger partial charge in [0.2, 0.25) is 5.88 Å². The van der Waals surface area contributed by atoms with Crippen LogP contribution in [0.5, 0.6) is 17.4 Å². The van der Waals surface area contributed by atoms with Crippen molar-refractivity contribution in [2.75, 3.05) is 21.3 Å². The van der Waals surface area contributed by atoms with E-state index in [2.05, 4.69) is 16.5 Å². The third-order valence-electron chi connectivity index (χ3n) is 4.61. The van der Waals surface area contributed by atoms with Crippen molar-refractivity contribution in [1.29, 1.82) is 0 Å². The topological polar surface area (TPSA) is 70.5 Å². The number of methoxy groups -OCH3 is 3. The smallest absolute Gasteiger partial charge is 0.221 e. The second-order valence-corrected chi connectivity index (χ2v) is 7.12. The molecule has 8 heteroatoms. The van der Waals surface area contributed by atoms with E-state index in [4.69, 9.17) is 37.4 Å². The molecular weight excluding hydrogens is 427 g/mol. The zero-order valence-corrected chi connectivity index (χ0v) is 18.3. The molecule has 0 saturated carbocycles. The number of nitrogens with zero attached hydrogens (tertiary/aromatic N) is 2. The van der Waals surface area contributed by atoms with Crippen molar-refractivity contribution in [3.05, 3.63) is 52.8 Å². The van der Waals surface area contributed by atoms with E-state index in [0.29, 0.717) is 51.5 Å². The average molecular weight is 447 g/mol.